The number of methoxy groups -OCH3 is 1. The monoisotopic (exact) mass is 343 g/mol. The molecule has 1 aliphatic heterocycles. The lowest BCUT2D eigenvalue weighted by atomic mass is 10.1. The van der Waals surface area contributed by atoms with Crippen LogP contribution in [0.25, 0.3) is 10.9 Å². The number of carbonyl (C=O) groups excluding carboxylic acids is 1. The predicted octanol–water partition coefficient (Wildman–Crippen LogP) is 1.84. The highest BCUT2D eigenvalue weighted by Gasteiger charge is 2.29. The molecule has 1 amide bonds. The Balaban J connectivity index is 1.71. The minimum atomic E-state index is -0.0784. The number of pyridine rings is 1. The van der Waals surface area contributed by atoms with Gasteiger partial charge in [0.05, 0.1) is 12.6 Å². The van der Waals surface area contributed by atoms with Gasteiger partial charge in [-0.25, -0.2) is 0 Å². The molecule has 1 atom stereocenters. The van der Waals surface area contributed by atoms with Crippen molar-refractivity contribution in [3.63, 3.8) is 0 Å². The largest absolute Gasteiger partial charge is 0.497 e. The quantitative estimate of drug-likeness (QED) is 0.869. The van der Waals surface area contributed by atoms with Gasteiger partial charge in [0.1, 0.15) is 5.75 Å². The van der Waals surface area contributed by atoms with Crippen LogP contribution in [-0.4, -0.2) is 54.5 Å². The van der Waals surface area contributed by atoms with Crippen molar-refractivity contribution in [1.82, 2.24) is 14.8 Å². The molecule has 3 rings (SSSR count). The van der Waals surface area contributed by atoms with E-state index in [9.17, 15) is 9.59 Å². The molecule has 1 aromatic carbocycles. The molecule has 2 heterocycles. The molecular formula is C19H25N3O3. The van der Waals surface area contributed by atoms with Gasteiger partial charge in [0, 0.05) is 44.2 Å². The van der Waals surface area contributed by atoms with Crippen LogP contribution in [0, 0.1) is 5.92 Å². The van der Waals surface area contributed by atoms with Gasteiger partial charge in [-0.1, -0.05) is 0 Å². The molecule has 134 valence electrons. The van der Waals surface area contributed by atoms with Crippen LogP contribution in [0.1, 0.15) is 18.9 Å². The number of amides is 1. The molecule has 6 heteroatoms. The van der Waals surface area contributed by atoms with Crippen molar-refractivity contribution < 1.29 is 9.53 Å². The number of hydrogen-bond donors (Lipinski definition) is 1. The number of H-pyrrole nitrogens is 1. The third-order valence-corrected chi connectivity index (χ3v) is 4.82. The highest BCUT2D eigenvalue weighted by atomic mass is 16.5. The van der Waals surface area contributed by atoms with E-state index < -0.39 is 0 Å². The summed E-state index contributed by atoms with van der Waals surface area (Å²) in [7, 11) is 3.60. The summed E-state index contributed by atoms with van der Waals surface area (Å²) in [4.78, 5) is 31.2. The normalized spacial score (nSPS) is 17.7. The van der Waals surface area contributed by atoms with Gasteiger partial charge in [-0.05, 0) is 43.5 Å². The predicted molar refractivity (Wildman–Crippen MR) is 97.8 cm³/mol. The lowest BCUT2D eigenvalue weighted by Crippen LogP contribution is -2.30. The molecule has 0 saturated carbocycles. The molecule has 0 bridgehead atoms. The van der Waals surface area contributed by atoms with Gasteiger partial charge in [-0.2, -0.15) is 0 Å². The van der Waals surface area contributed by atoms with Crippen molar-refractivity contribution in [2.45, 2.75) is 19.9 Å². The van der Waals surface area contributed by atoms with Crippen molar-refractivity contribution in [1.29, 1.82) is 0 Å². The van der Waals surface area contributed by atoms with Crippen LogP contribution in [-0.2, 0) is 11.3 Å². The van der Waals surface area contributed by atoms with Crippen molar-refractivity contribution in [2.75, 3.05) is 33.8 Å². The number of nitrogens with zero attached hydrogens (tertiary/aromatic N) is 2. The van der Waals surface area contributed by atoms with Crippen molar-refractivity contribution in [3.05, 3.63) is 40.2 Å². The lowest BCUT2D eigenvalue weighted by Gasteiger charge is -2.21. The standard InChI is InChI=1S/C19H25N3O3/c1-4-22-11-13(7-18(22)23)10-21(2)12-15-8-14-5-6-16(25-3)9-17(14)20-19(15)24/h5-6,8-9,13H,4,7,10-12H2,1-3H3,(H,20,24). The second-order valence-electron chi connectivity index (χ2n) is 6.78. The van der Waals surface area contributed by atoms with E-state index in [1.54, 1.807) is 7.11 Å². The van der Waals surface area contributed by atoms with E-state index in [0.717, 1.165) is 41.9 Å². The van der Waals surface area contributed by atoms with Crippen LogP contribution in [0.2, 0.25) is 0 Å². The second-order valence-corrected chi connectivity index (χ2v) is 6.78. The van der Waals surface area contributed by atoms with E-state index >= 15 is 0 Å². The first-order chi connectivity index (χ1) is 12.0. The zero-order chi connectivity index (χ0) is 18.0. The molecule has 1 saturated heterocycles. The summed E-state index contributed by atoms with van der Waals surface area (Å²) in [5, 5.41) is 0.983. The van der Waals surface area contributed by atoms with Gasteiger partial charge in [-0.3, -0.25) is 9.59 Å². The molecule has 2 aromatic rings. The van der Waals surface area contributed by atoms with Gasteiger partial charge in [-0.15, -0.1) is 0 Å². The summed E-state index contributed by atoms with van der Waals surface area (Å²) in [6.07, 6.45) is 0.603. The summed E-state index contributed by atoms with van der Waals surface area (Å²) in [5.74, 6) is 1.29. The molecule has 25 heavy (non-hydrogen) atoms. The fraction of sp³-hybridized carbons (Fsp3) is 0.474. The van der Waals surface area contributed by atoms with Crippen LogP contribution in [0.5, 0.6) is 5.75 Å². The fourth-order valence-electron chi connectivity index (χ4n) is 3.55. The maximum atomic E-state index is 12.4. The van der Waals surface area contributed by atoms with Crippen LogP contribution in [0.15, 0.2) is 29.1 Å². The average Bonchev–Trinajstić information content (AvgIpc) is 2.94. The minimum absolute atomic E-state index is 0.0784. The number of likely N-dealkylation sites (tertiary alicyclic amines) is 1. The number of carbonyl (C=O) groups is 1. The third kappa shape index (κ3) is 3.85. The Bertz CT molecular complexity index is 830. The highest BCUT2D eigenvalue weighted by molar-refractivity contribution is 5.80. The number of aromatic nitrogens is 1. The van der Waals surface area contributed by atoms with Crippen molar-refractivity contribution in [2.24, 2.45) is 5.92 Å². The van der Waals surface area contributed by atoms with E-state index in [-0.39, 0.29) is 11.5 Å². The SMILES string of the molecule is CCN1CC(CN(C)Cc2cc3ccc(OC)cc3[nH]c2=O)CC1=O. The molecule has 1 fully saturated rings. The molecule has 6 nitrogen and oxygen atoms in total. The summed E-state index contributed by atoms with van der Waals surface area (Å²) >= 11 is 0. The zero-order valence-electron chi connectivity index (χ0n) is 15.0. The Morgan fingerprint density at radius 2 is 2.12 bits per heavy atom. The second kappa shape index (κ2) is 7.27. The lowest BCUT2D eigenvalue weighted by molar-refractivity contribution is -0.127. The maximum Gasteiger partial charge on any atom is 0.252 e. The van der Waals surface area contributed by atoms with E-state index in [0.29, 0.717) is 18.9 Å². The molecule has 0 aliphatic carbocycles. The first-order valence-corrected chi connectivity index (χ1v) is 8.66. The summed E-state index contributed by atoms with van der Waals surface area (Å²) in [6.45, 7) is 4.96. The summed E-state index contributed by atoms with van der Waals surface area (Å²) in [5.41, 5.74) is 1.43. The molecule has 1 N–H and O–H groups in total. The number of aromatic amines is 1. The molecular weight excluding hydrogens is 318 g/mol. The number of rotatable bonds is 6. The number of ether oxygens (including phenoxy) is 1. The Hall–Kier alpha value is -2.34. The average molecular weight is 343 g/mol. The van der Waals surface area contributed by atoms with E-state index in [4.69, 9.17) is 4.74 Å². The van der Waals surface area contributed by atoms with E-state index in [1.807, 2.05) is 43.1 Å². The van der Waals surface area contributed by atoms with Crippen molar-refractivity contribution >= 4 is 16.8 Å². The van der Waals surface area contributed by atoms with Gasteiger partial charge < -0.3 is 19.5 Å². The van der Waals surface area contributed by atoms with Gasteiger partial charge in [0.25, 0.3) is 5.56 Å². The molecule has 1 aliphatic rings. The Labute approximate surface area is 147 Å². The van der Waals surface area contributed by atoms with E-state index in [1.165, 1.54) is 0 Å². The Morgan fingerprint density at radius 1 is 1.32 bits per heavy atom. The molecule has 1 aromatic heterocycles. The maximum absolute atomic E-state index is 12.4. The Morgan fingerprint density at radius 3 is 2.80 bits per heavy atom. The number of hydrogen-bond acceptors (Lipinski definition) is 4. The first-order valence-electron chi connectivity index (χ1n) is 8.66. The van der Waals surface area contributed by atoms with Crippen LogP contribution in [0.4, 0.5) is 0 Å². The highest BCUT2D eigenvalue weighted by Crippen LogP contribution is 2.20. The van der Waals surface area contributed by atoms with Gasteiger partial charge in [0.15, 0.2) is 0 Å². The molecule has 0 spiro atoms. The number of benzene rings is 1. The van der Waals surface area contributed by atoms with E-state index in [2.05, 4.69) is 9.88 Å². The minimum Gasteiger partial charge on any atom is -0.497 e. The van der Waals surface area contributed by atoms with Crippen LogP contribution < -0.4 is 10.3 Å². The number of nitrogens with one attached hydrogen (secondary N) is 1. The zero-order valence-corrected chi connectivity index (χ0v) is 15.0. The third-order valence-electron chi connectivity index (χ3n) is 4.82. The smallest absolute Gasteiger partial charge is 0.252 e. The summed E-state index contributed by atoms with van der Waals surface area (Å²) in [6, 6.07) is 7.59. The molecule has 0 radical (unpaired) electrons. The first kappa shape index (κ1) is 17.5. The van der Waals surface area contributed by atoms with Crippen LogP contribution in [0.3, 0.4) is 0 Å². The fourth-order valence-corrected chi connectivity index (χ4v) is 3.55. The van der Waals surface area contributed by atoms with Crippen LogP contribution >= 0.6 is 0 Å². The Kier molecular flexibility index (Phi) is 5.08. The van der Waals surface area contributed by atoms with Crippen molar-refractivity contribution in [3.8, 4) is 5.75 Å². The molecule has 1 unspecified atom stereocenters. The topological polar surface area (TPSA) is 65.6 Å². The van der Waals surface area contributed by atoms with Gasteiger partial charge in [0.2, 0.25) is 5.91 Å². The van der Waals surface area contributed by atoms with Gasteiger partial charge >= 0.3 is 0 Å². The number of fused-ring (bicyclic) bond motifs is 1. The summed E-state index contributed by atoms with van der Waals surface area (Å²) < 4.78 is 5.20.